The number of nitrogens with one attached hydrogen (secondary N) is 2. The maximum atomic E-state index is 12.9. The molecule has 0 bridgehead atoms. The van der Waals surface area contributed by atoms with Crippen LogP contribution in [0, 0.1) is 12.7 Å². The lowest BCUT2D eigenvalue weighted by Crippen LogP contribution is -2.32. The van der Waals surface area contributed by atoms with Crippen LogP contribution in [-0.4, -0.2) is 17.7 Å². The Morgan fingerprint density at radius 2 is 1.82 bits per heavy atom. The summed E-state index contributed by atoms with van der Waals surface area (Å²) < 4.78 is 18.8. The summed E-state index contributed by atoms with van der Waals surface area (Å²) in [6, 6.07) is 19.7. The number of halogens is 1. The van der Waals surface area contributed by atoms with Crippen LogP contribution in [0.15, 0.2) is 72.8 Å². The quantitative estimate of drug-likeness (QED) is 0.576. The molecule has 28 heavy (non-hydrogen) atoms. The molecule has 0 saturated carbocycles. The van der Waals surface area contributed by atoms with Crippen molar-refractivity contribution in [3.8, 4) is 11.5 Å². The summed E-state index contributed by atoms with van der Waals surface area (Å²) in [6.07, 6.45) is -0.940. The maximum Gasteiger partial charge on any atom is 0.319 e. The lowest BCUT2D eigenvalue weighted by atomic mass is 10.1. The van der Waals surface area contributed by atoms with Crippen molar-refractivity contribution in [1.82, 2.24) is 5.32 Å². The summed E-state index contributed by atoms with van der Waals surface area (Å²) in [5, 5.41) is 15.4. The van der Waals surface area contributed by atoms with Gasteiger partial charge in [0.15, 0.2) is 5.75 Å². The second-order valence-electron chi connectivity index (χ2n) is 6.32. The minimum Gasteiger partial charge on any atom is -0.455 e. The van der Waals surface area contributed by atoms with Gasteiger partial charge in [0.05, 0.1) is 11.8 Å². The van der Waals surface area contributed by atoms with E-state index in [9.17, 15) is 14.3 Å². The highest BCUT2D eigenvalue weighted by atomic mass is 19.1. The molecule has 1 atom stereocenters. The first-order valence-corrected chi connectivity index (χ1v) is 8.83. The number of aryl methyl sites for hydroxylation is 1. The molecule has 5 nitrogen and oxygen atoms in total. The molecule has 0 saturated heterocycles. The Hall–Kier alpha value is -3.38. The molecule has 0 aromatic heterocycles. The highest BCUT2D eigenvalue weighted by Crippen LogP contribution is 2.29. The summed E-state index contributed by atoms with van der Waals surface area (Å²) in [6.45, 7) is 1.95. The number of para-hydroxylation sites is 2. The zero-order valence-corrected chi connectivity index (χ0v) is 15.4. The fourth-order valence-electron chi connectivity index (χ4n) is 2.62. The zero-order valence-electron chi connectivity index (χ0n) is 15.4. The smallest absolute Gasteiger partial charge is 0.319 e. The van der Waals surface area contributed by atoms with E-state index in [1.54, 1.807) is 18.2 Å². The Morgan fingerprint density at radius 3 is 2.57 bits per heavy atom. The number of aliphatic hydroxyl groups is 1. The van der Waals surface area contributed by atoms with E-state index in [1.165, 1.54) is 24.3 Å². The van der Waals surface area contributed by atoms with Gasteiger partial charge in [-0.2, -0.15) is 0 Å². The highest BCUT2D eigenvalue weighted by molar-refractivity contribution is 5.91. The van der Waals surface area contributed by atoms with E-state index in [0.29, 0.717) is 22.7 Å². The van der Waals surface area contributed by atoms with Gasteiger partial charge in [0, 0.05) is 6.54 Å². The fraction of sp³-hybridized carbons (Fsp3) is 0.136. The Labute approximate surface area is 162 Å². The second-order valence-corrected chi connectivity index (χ2v) is 6.32. The number of benzene rings is 3. The van der Waals surface area contributed by atoms with Crippen LogP contribution in [0.1, 0.15) is 17.2 Å². The molecule has 3 N–H and O–H groups in total. The van der Waals surface area contributed by atoms with E-state index < -0.39 is 12.1 Å². The highest BCUT2D eigenvalue weighted by Gasteiger charge is 2.12. The molecule has 0 fully saturated rings. The van der Waals surface area contributed by atoms with Gasteiger partial charge in [-0.15, -0.1) is 0 Å². The zero-order chi connectivity index (χ0) is 19.9. The van der Waals surface area contributed by atoms with Crippen molar-refractivity contribution in [2.24, 2.45) is 0 Å². The van der Waals surface area contributed by atoms with Crippen LogP contribution in [0.4, 0.5) is 14.9 Å². The minimum absolute atomic E-state index is 0.0155. The van der Waals surface area contributed by atoms with Gasteiger partial charge in [-0.25, -0.2) is 9.18 Å². The van der Waals surface area contributed by atoms with Crippen molar-refractivity contribution < 1.29 is 19.0 Å². The number of aliphatic hydroxyl groups excluding tert-OH is 1. The first kappa shape index (κ1) is 19.4. The molecule has 2 amide bonds. The normalized spacial score (nSPS) is 11.5. The molecule has 3 aromatic rings. The number of rotatable bonds is 6. The Kier molecular flexibility index (Phi) is 6.24. The summed E-state index contributed by atoms with van der Waals surface area (Å²) in [4.78, 5) is 12.2. The number of carbonyl (C=O) groups is 1. The number of ether oxygens (including phenoxy) is 1. The molecule has 0 spiro atoms. The minimum atomic E-state index is -0.940. The summed E-state index contributed by atoms with van der Waals surface area (Å²) >= 11 is 0. The molecule has 0 aliphatic rings. The third-order valence-corrected chi connectivity index (χ3v) is 4.06. The van der Waals surface area contributed by atoms with Crippen molar-refractivity contribution in [3.63, 3.8) is 0 Å². The summed E-state index contributed by atoms with van der Waals surface area (Å²) in [7, 11) is 0. The fourth-order valence-corrected chi connectivity index (χ4v) is 2.62. The molecular weight excluding hydrogens is 359 g/mol. The largest absolute Gasteiger partial charge is 0.455 e. The van der Waals surface area contributed by atoms with Gasteiger partial charge in [0.25, 0.3) is 0 Å². The van der Waals surface area contributed by atoms with Gasteiger partial charge in [0.1, 0.15) is 11.6 Å². The Balaban J connectivity index is 1.60. The van der Waals surface area contributed by atoms with E-state index in [4.69, 9.17) is 4.74 Å². The third kappa shape index (κ3) is 5.31. The maximum absolute atomic E-state index is 12.9. The lowest BCUT2D eigenvalue weighted by Gasteiger charge is -2.15. The van der Waals surface area contributed by atoms with Crippen molar-refractivity contribution in [2.75, 3.05) is 11.9 Å². The topological polar surface area (TPSA) is 70.6 Å². The number of anilines is 1. The van der Waals surface area contributed by atoms with E-state index in [2.05, 4.69) is 10.6 Å². The monoisotopic (exact) mass is 380 g/mol. The van der Waals surface area contributed by atoms with Crippen LogP contribution in [0.5, 0.6) is 11.5 Å². The van der Waals surface area contributed by atoms with Crippen molar-refractivity contribution in [2.45, 2.75) is 13.0 Å². The number of amides is 2. The number of urea groups is 1. The van der Waals surface area contributed by atoms with E-state index in [0.717, 1.165) is 5.56 Å². The second kappa shape index (κ2) is 9.01. The third-order valence-electron chi connectivity index (χ3n) is 4.06. The predicted molar refractivity (Wildman–Crippen MR) is 106 cm³/mol. The molecule has 6 heteroatoms. The van der Waals surface area contributed by atoms with Crippen molar-refractivity contribution >= 4 is 11.7 Å². The first-order valence-electron chi connectivity index (χ1n) is 8.83. The Morgan fingerprint density at radius 1 is 1.07 bits per heavy atom. The molecule has 3 aromatic carbocycles. The SMILES string of the molecule is Cc1cccc(Oc2ccccc2NC(=O)NCC(O)c2ccc(F)cc2)c1. The predicted octanol–water partition coefficient (Wildman–Crippen LogP) is 4.78. The van der Waals surface area contributed by atoms with Gasteiger partial charge in [-0.1, -0.05) is 36.4 Å². The summed E-state index contributed by atoms with van der Waals surface area (Å²) in [5.41, 5.74) is 2.08. The number of carbonyl (C=O) groups excluding carboxylic acids is 1. The molecular formula is C22H21FN2O3. The average molecular weight is 380 g/mol. The molecule has 3 rings (SSSR count). The van der Waals surface area contributed by atoms with E-state index in [-0.39, 0.29) is 12.4 Å². The van der Waals surface area contributed by atoms with Crippen LogP contribution in [0.3, 0.4) is 0 Å². The Bertz CT molecular complexity index is 945. The first-order chi connectivity index (χ1) is 13.5. The van der Waals surface area contributed by atoms with Gasteiger partial charge >= 0.3 is 6.03 Å². The van der Waals surface area contributed by atoms with Crippen LogP contribution >= 0.6 is 0 Å². The van der Waals surface area contributed by atoms with Crippen molar-refractivity contribution in [3.05, 3.63) is 89.7 Å². The van der Waals surface area contributed by atoms with Crippen LogP contribution < -0.4 is 15.4 Å². The lowest BCUT2D eigenvalue weighted by molar-refractivity contribution is 0.175. The van der Waals surface area contributed by atoms with Gasteiger partial charge < -0.3 is 20.5 Å². The van der Waals surface area contributed by atoms with Crippen LogP contribution in [0.25, 0.3) is 0 Å². The molecule has 1 unspecified atom stereocenters. The van der Waals surface area contributed by atoms with Crippen LogP contribution in [0.2, 0.25) is 0 Å². The van der Waals surface area contributed by atoms with E-state index in [1.807, 2.05) is 37.3 Å². The molecule has 0 aliphatic carbocycles. The van der Waals surface area contributed by atoms with Gasteiger partial charge in [-0.3, -0.25) is 0 Å². The van der Waals surface area contributed by atoms with Gasteiger partial charge in [0.2, 0.25) is 0 Å². The molecule has 0 aliphatic heterocycles. The molecule has 0 heterocycles. The van der Waals surface area contributed by atoms with Gasteiger partial charge in [-0.05, 0) is 54.4 Å². The summed E-state index contributed by atoms with van der Waals surface area (Å²) in [5.74, 6) is 0.788. The molecule has 0 radical (unpaired) electrons. The average Bonchev–Trinajstić information content (AvgIpc) is 2.68. The number of hydrogen-bond acceptors (Lipinski definition) is 3. The van der Waals surface area contributed by atoms with Crippen LogP contribution in [-0.2, 0) is 0 Å². The van der Waals surface area contributed by atoms with Crippen molar-refractivity contribution in [1.29, 1.82) is 0 Å². The van der Waals surface area contributed by atoms with E-state index >= 15 is 0 Å². The number of hydrogen-bond donors (Lipinski definition) is 3. The standard InChI is InChI=1S/C22H21FN2O3/c1-15-5-4-6-18(13-15)28-21-8-3-2-7-19(21)25-22(27)24-14-20(26)16-9-11-17(23)12-10-16/h2-13,20,26H,14H2,1H3,(H2,24,25,27). The molecule has 144 valence electrons.